The second kappa shape index (κ2) is 6.48. The third kappa shape index (κ3) is 4.51. The number of halogens is 1. The van der Waals surface area contributed by atoms with E-state index in [1.54, 1.807) is 19.2 Å². The number of ether oxygens (including phenoxy) is 1. The lowest BCUT2D eigenvalue weighted by molar-refractivity contribution is 0.105. The minimum atomic E-state index is -0.524. The maximum Gasteiger partial charge on any atom is 0.409 e. The molecule has 0 saturated heterocycles. The van der Waals surface area contributed by atoms with E-state index in [-0.39, 0.29) is 18.8 Å². The van der Waals surface area contributed by atoms with Crippen molar-refractivity contribution in [2.24, 2.45) is 0 Å². The van der Waals surface area contributed by atoms with Gasteiger partial charge < -0.3 is 9.64 Å². The number of hydrogen-bond acceptors (Lipinski definition) is 3. The fourth-order valence-corrected chi connectivity index (χ4v) is 1.19. The lowest BCUT2D eigenvalue weighted by Gasteiger charge is -2.15. The molecule has 0 N–H and O–H groups in total. The van der Waals surface area contributed by atoms with Crippen molar-refractivity contribution in [1.29, 1.82) is 5.26 Å². The van der Waals surface area contributed by atoms with Crippen molar-refractivity contribution in [2.75, 3.05) is 13.6 Å². The minimum Gasteiger partial charge on any atom is -0.445 e. The van der Waals surface area contributed by atoms with E-state index in [0.29, 0.717) is 12.1 Å². The molecule has 17 heavy (non-hydrogen) atoms. The van der Waals surface area contributed by atoms with Crippen LogP contribution in [0.15, 0.2) is 24.3 Å². The van der Waals surface area contributed by atoms with E-state index >= 15 is 0 Å². The van der Waals surface area contributed by atoms with Crippen molar-refractivity contribution in [3.8, 4) is 6.07 Å². The molecule has 0 bridgehead atoms. The summed E-state index contributed by atoms with van der Waals surface area (Å²) in [5.41, 5.74) is 0.590. The van der Waals surface area contributed by atoms with E-state index in [0.717, 1.165) is 0 Å². The lowest BCUT2D eigenvalue weighted by Crippen LogP contribution is -2.28. The molecule has 5 heteroatoms. The number of hydrogen-bond donors (Lipinski definition) is 0. The molecule has 0 spiro atoms. The van der Waals surface area contributed by atoms with Gasteiger partial charge in [0.15, 0.2) is 0 Å². The number of nitrogens with zero attached hydrogens (tertiary/aromatic N) is 2. The van der Waals surface area contributed by atoms with Gasteiger partial charge in [0.2, 0.25) is 0 Å². The van der Waals surface area contributed by atoms with Crippen LogP contribution in [0.5, 0.6) is 0 Å². The molecule has 90 valence electrons. The van der Waals surface area contributed by atoms with Gasteiger partial charge in [-0.05, 0) is 17.7 Å². The molecular formula is C12H13FN2O2. The Kier molecular flexibility index (Phi) is 4.95. The molecule has 0 aliphatic carbocycles. The Morgan fingerprint density at radius 1 is 1.59 bits per heavy atom. The van der Waals surface area contributed by atoms with Gasteiger partial charge in [-0.3, -0.25) is 0 Å². The van der Waals surface area contributed by atoms with Gasteiger partial charge >= 0.3 is 6.09 Å². The Bertz CT molecular complexity index is 429. The normalized spacial score (nSPS) is 9.47. The second-order valence-electron chi connectivity index (χ2n) is 3.51. The van der Waals surface area contributed by atoms with Crippen LogP contribution in [0.1, 0.15) is 12.0 Å². The number of carbonyl (C=O) groups is 1. The first kappa shape index (κ1) is 13.0. The fourth-order valence-electron chi connectivity index (χ4n) is 1.19. The van der Waals surface area contributed by atoms with Crippen molar-refractivity contribution >= 4 is 6.09 Å². The van der Waals surface area contributed by atoms with E-state index in [4.69, 9.17) is 10.00 Å². The summed E-state index contributed by atoms with van der Waals surface area (Å²) in [4.78, 5) is 12.7. The first-order valence-corrected chi connectivity index (χ1v) is 5.13. The lowest BCUT2D eigenvalue weighted by atomic mass is 10.2. The standard InChI is InChI=1S/C12H13FN2O2/c1-15(7-3-6-14)12(16)17-9-10-4-2-5-11(13)8-10/h2,4-5,8H,3,7,9H2,1H3. The van der Waals surface area contributed by atoms with Crippen molar-refractivity contribution in [3.63, 3.8) is 0 Å². The van der Waals surface area contributed by atoms with E-state index in [1.165, 1.54) is 17.0 Å². The van der Waals surface area contributed by atoms with Crippen LogP contribution in [0, 0.1) is 17.1 Å². The van der Waals surface area contributed by atoms with Gasteiger partial charge in [-0.15, -0.1) is 0 Å². The molecule has 0 radical (unpaired) electrons. The Morgan fingerprint density at radius 3 is 3.00 bits per heavy atom. The summed E-state index contributed by atoms with van der Waals surface area (Å²) in [5, 5.41) is 8.36. The number of carbonyl (C=O) groups excluding carboxylic acids is 1. The molecule has 0 heterocycles. The zero-order valence-electron chi connectivity index (χ0n) is 9.52. The summed E-state index contributed by atoms with van der Waals surface area (Å²) in [6.45, 7) is 0.339. The summed E-state index contributed by atoms with van der Waals surface area (Å²) in [7, 11) is 1.55. The van der Waals surface area contributed by atoms with Crippen molar-refractivity contribution < 1.29 is 13.9 Å². The number of rotatable bonds is 4. The van der Waals surface area contributed by atoms with E-state index in [1.807, 2.05) is 6.07 Å². The summed E-state index contributed by atoms with van der Waals surface area (Å²) in [6.07, 6.45) is -0.268. The number of amides is 1. The van der Waals surface area contributed by atoms with Gasteiger partial charge in [-0.1, -0.05) is 12.1 Å². The average Bonchev–Trinajstić information content (AvgIpc) is 2.33. The fraction of sp³-hybridized carbons (Fsp3) is 0.333. The zero-order valence-corrected chi connectivity index (χ0v) is 9.52. The van der Waals surface area contributed by atoms with Gasteiger partial charge in [-0.25, -0.2) is 9.18 Å². The van der Waals surface area contributed by atoms with Crippen molar-refractivity contribution in [3.05, 3.63) is 35.6 Å². The Hall–Kier alpha value is -2.09. The first-order valence-electron chi connectivity index (χ1n) is 5.13. The number of benzene rings is 1. The third-order valence-corrected chi connectivity index (χ3v) is 2.12. The quantitative estimate of drug-likeness (QED) is 0.806. The highest BCUT2D eigenvalue weighted by molar-refractivity contribution is 5.67. The van der Waals surface area contributed by atoms with Crippen LogP contribution in [0.25, 0.3) is 0 Å². The first-order chi connectivity index (χ1) is 8.13. The molecule has 1 aromatic carbocycles. The minimum absolute atomic E-state index is 0.0213. The zero-order chi connectivity index (χ0) is 12.7. The maximum absolute atomic E-state index is 12.8. The van der Waals surface area contributed by atoms with Gasteiger partial charge in [-0.2, -0.15) is 5.26 Å². The van der Waals surface area contributed by atoms with Crippen molar-refractivity contribution in [1.82, 2.24) is 4.90 Å². The molecule has 0 saturated carbocycles. The van der Waals surface area contributed by atoms with Gasteiger partial charge in [0.25, 0.3) is 0 Å². The summed E-state index contributed by atoms with van der Waals surface area (Å²) < 4.78 is 17.8. The van der Waals surface area contributed by atoms with E-state index in [9.17, 15) is 9.18 Å². The SMILES string of the molecule is CN(CCC#N)C(=O)OCc1cccc(F)c1. The van der Waals surface area contributed by atoms with Crippen LogP contribution in [-0.4, -0.2) is 24.6 Å². The monoisotopic (exact) mass is 236 g/mol. The molecule has 0 fully saturated rings. The van der Waals surface area contributed by atoms with Crippen LogP contribution >= 0.6 is 0 Å². The Labute approximate surface area is 99.2 Å². The molecule has 1 rings (SSSR count). The van der Waals surface area contributed by atoms with Crippen molar-refractivity contribution in [2.45, 2.75) is 13.0 Å². The largest absolute Gasteiger partial charge is 0.445 e. The topological polar surface area (TPSA) is 53.3 Å². The Balaban J connectivity index is 2.40. The van der Waals surface area contributed by atoms with Crippen LogP contribution < -0.4 is 0 Å². The summed E-state index contributed by atoms with van der Waals surface area (Å²) in [5.74, 6) is -0.364. The van der Waals surface area contributed by atoms with Crippen LogP contribution in [0.4, 0.5) is 9.18 Å². The smallest absolute Gasteiger partial charge is 0.409 e. The molecule has 0 unspecified atom stereocenters. The van der Waals surface area contributed by atoms with Crippen LogP contribution in [-0.2, 0) is 11.3 Å². The van der Waals surface area contributed by atoms with Gasteiger partial charge in [0.1, 0.15) is 12.4 Å². The molecule has 0 aliphatic heterocycles. The summed E-state index contributed by atoms with van der Waals surface area (Å²) in [6, 6.07) is 7.79. The number of nitriles is 1. The third-order valence-electron chi connectivity index (χ3n) is 2.12. The predicted octanol–water partition coefficient (Wildman–Crippen LogP) is 2.31. The van der Waals surface area contributed by atoms with E-state index < -0.39 is 6.09 Å². The summed E-state index contributed by atoms with van der Waals surface area (Å²) >= 11 is 0. The van der Waals surface area contributed by atoms with Crippen LogP contribution in [0.2, 0.25) is 0 Å². The average molecular weight is 236 g/mol. The Morgan fingerprint density at radius 2 is 2.35 bits per heavy atom. The highest BCUT2D eigenvalue weighted by Crippen LogP contribution is 2.06. The highest BCUT2D eigenvalue weighted by Gasteiger charge is 2.09. The van der Waals surface area contributed by atoms with Crippen LogP contribution in [0.3, 0.4) is 0 Å². The molecule has 1 amide bonds. The second-order valence-corrected chi connectivity index (χ2v) is 3.51. The molecular weight excluding hydrogens is 223 g/mol. The molecule has 4 nitrogen and oxygen atoms in total. The van der Waals surface area contributed by atoms with E-state index in [2.05, 4.69) is 0 Å². The molecule has 0 atom stereocenters. The highest BCUT2D eigenvalue weighted by atomic mass is 19.1. The molecule has 0 aromatic heterocycles. The molecule has 0 aliphatic rings. The molecule has 1 aromatic rings. The predicted molar refractivity (Wildman–Crippen MR) is 59.4 cm³/mol. The van der Waals surface area contributed by atoms with Gasteiger partial charge in [0, 0.05) is 13.6 Å². The maximum atomic E-state index is 12.8. The van der Waals surface area contributed by atoms with Gasteiger partial charge in [0.05, 0.1) is 12.5 Å².